The molecular weight excluding hydrogens is 292 g/mol. The van der Waals surface area contributed by atoms with Gasteiger partial charge in [0.15, 0.2) is 0 Å². The second kappa shape index (κ2) is 5.23. The van der Waals surface area contributed by atoms with E-state index >= 15 is 0 Å². The molecule has 0 aliphatic rings. The van der Waals surface area contributed by atoms with Crippen LogP contribution in [0.3, 0.4) is 0 Å². The number of benzene rings is 1. The van der Waals surface area contributed by atoms with Gasteiger partial charge in [-0.3, -0.25) is 4.68 Å². The first-order valence-corrected chi connectivity index (χ1v) is 6.32. The summed E-state index contributed by atoms with van der Waals surface area (Å²) in [5.74, 6) is 0. The summed E-state index contributed by atoms with van der Waals surface area (Å²) in [7, 11) is 1.91. The number of nitriles is 1. The minimum absolute atomic E-state index is 0.637. The van der Waals surface area contributed by atoms with Gasteiger partial charge >= 0.3 is 0 Å². The van der Waals surface area contributed by atoms with Crippen LogP contribution >= 0.6 is 15.9 Å². The molecule has 0 atom stereocenters. The molecule has 0 unspecified atom stereocenters. The molecule has 0 amide bonds. The van der Waals surface area contributed by atoms with Crippen molar-refractivity contribution in [2.24, 2.45) is 7.05 Å². The fraction of sp³-hybridized carbons (Fsp3) is 0.231. The van der Waals surface area contributed by atoms with Gasteiger partial charge in [-0.15, -0.1) is 0 Å². The van der Waals surface area contributed by atoms with Crippen LogP contribution in [0.25, 0.3) is 0 Å². The second-order valence-corrected chi connectivity index (χ2v) is 4.93. The lowest BCUT2D eigenvalue weighted by Crippen LogP contribution is -2.00. The van der Waals surface area contributed by atoms with E-state index in [4.69, 9.17) is 5.26 Å². The van der Waals surface area contributed by atoms with Gasteiger partial charge in [-0.05, 0) is 41.1 Å². The highest BCUT2D eigenvalue weighted by Crippen LogP contribution is 2.21. The number of hydrogen-bond acceptors (Lipinski definition) is 3. The van der Waals surface area contributed by atoms with E-state index in [0.717, 1.165) is 28.0 Å². The first-order valence-electron chi connectivity index (χ1n) is 5.53. The Bertz CT molecular complexity index is 610. The number of aryl methyl sites for hydroxylation is 2. The van der Waals surface area contributed by atoms with Crippen LogP contribution < -0.4 is 5.32 Å². The molecule has 1 N–H and O–H groups in total. The summed E-state index contributed by atoms with van der Waals surface area (Å²) in [5, 5.41) is 16.5. The number of nitrogens with one attached hydrogen (secondary N) is 1. The average molecular weight is 305 g/mol. The summed E-state index contributed by atoms with van der Waals surface area (Å²) in [5.41, 5.74) is 3.80. The summed E-state index contributed by atoms with van der Waals surface area (Å²) in [6.45, 7) is 2.71. The Morgan fingerprint density at radius 1 is 1.50 bits per heavy atom. The first-order chi connectivity index (χ1) is 8.60. The minimum Gasteiger partial charge on any atom is -0.381 e. The smallest absolute Gasteiger partial charge is 0.100 e. The van der Waals surface area contributed by atoms with Crippen LogP contribution in [0, 0.1) is 18.3 Å². The predicted octanol–water partition coefficient (Wildman–Crippen LogP) is 2.97. The molecule has 2 rings (SSSR count). The van der Waals surface area contributed by atoms with E-state index in [-0.39, 0.29) is 0 Å². The first kappa shape index (κ1) is 12.7. The lowest BCUT2D eigenvalue weighted by atomic mass is 10.2. The Morgan fingerprint density at radius 2 is 2.28 bits per heavy atom. The molecule has 0 saturated heterocycles. The van der Waals surface area contributed by atoms with Crippen LogP contribution in [0.15, 0.2) is 28.9 Å². The monoisotopic (exact) mass is 304 g/mol. The molecule has 92 valence electrons. The standard InChI is InChI=1S/C13H13BrN4/c1-9-11(8-18(2)17-9)7-16-12-4-3-10(6-15)13(14)5-12/h3-5,8,16H,7H2,1-2H3. The molecule has 0 spiro atoms. The van der Waals surface area contributed by atoms with Crippen molar-refractivity contribution < 1.29 is 0 Å². The normalized spacial score (nSPS) is 10.1. The van der Waals surface area contributed by atoms with E-state index in [2.05, 4.69) is 32.4 Å². The zero-order valence-electron chi connectivity index (χ0n) is 10.2. The van der Waals surface area contributed by atoms with Crippen LogP contribution in [-0.2, 0) is 13.6 Å². The van der Waals surface area contributed by atoms with E-state index < -0.39 is 0 Å². The van der Waals surface area contributed by atoms with Crippen LogP contribution in [0.4, 0.5) is 5.69 Å². The number of nitrogens with zero attached hydrogens (tertiary/aromatic N) is 3. The minimum atomic E-state index is 0.637. The SMILES string of the molecule is Cc1nn(C)cc1CNc1ccc(C#N)c(Br)c1. The fourth-order valence-corrected chi connectivity index (χ4v) is 2.20. The molecule has 0 bridgehead atoms. The van der Waals surface area contributed by atoms with Gasteiger partial charge in [-0.1, -0.05) is 0 Å². The summed E-state index contributed by atoms with van der Waals surface area (Å²) in [6, 6.07) is 7.72. The largest absolute Gasteiger partial charge is 0.381 e. The summed E-state index contributed by atoms with van der Waals surface area (Å²) < 4.78 is 2.61. The van der Waals surface area contributed by atoms with Gasteiger partial charge in [-0.2, -0.15) is 10.4 Å². The third kappa shape index (κ3) is 2.71. The Labute approximate surface area is 114 Å². The van der Waals surface area contributed by atoms with Crippen molar-refractivity contribution in [3.63, 3.8) is 0 Å². The summed E-state index contributed by atoms with van der Waals surface area (Å²) >= 11 is 3.37. The topological polar surface area (TPSA) is 53.6 Å². The van der Waals surface area contributed by atoms with Gasteiger partial charge in [0.2, 0.25) is 0 Å². The maximum atomic E-state index is 8.84. The van der Waals surface area contributed by atoms with Gasteiger partial charge < -0.3 is 5.32 Å². The fourth-order valence-electron chi connectivity index (χ4n) is 1.74. The van der Waals surface area contributed by atoms with Gasteiger partial charge in [0.25, 0.3) is 0 Å². The number of anilines is 1. The molecule has 0 radical (unpaired) electrons. The van der Waals surface area contributed by atoms with Gasteiger partial charge in [0, 0.05) is 35.5 Å². The van der Waals surface area contributed by atoms with E-state index in [9.17, 15) is 0 Å². The Hall–Kier alpha value is -1.80. The predicted molar refractivity (Wildman–Crippen MR) is 74.1 cm³/mol. The zero-order chi connectivity index (χ0) is 13.1. The molecule has 18 heavy (non-hydrogen) atoms. The summed E-state index contributed by atoms with van der Waals surface area (Å²) in [6.07, 6.45) is 2.00. The highest BCUT2D eigenvalue weighted by molar-refractivity contribution is 9.10. The highest BCUT2D eigenvalue weighted by Gasteiger charge is 2.04. The Morgan fingerprint density at radius 3 is 2.83 bits per heavy atom. The Kier molecular flexibility index (Phi) is 3.68. The highest BCUT2D eigenvalue weighted by atomic mass is 79.9. The van der Waals surface area contributed by atoms with Crippen LogP contribution in [0.1, 0.15) is 16.8 Å². The molecule has 0 aliphatic heterocycles. The van der Waals surface area contributed by atoms with E-state index in [1.165, 1.54) is 0 Å². The molecule has 0 fully saturated rings. The maximum Gasteiger partial charge on any atom is 0.100 e. The molecule has 2 aromatic rings. The van der Waals surface area contributed by atoms with Crippen molar-refractivity contribution in [1.29, 1.82) is 5.26 Å². The third-order valence-corrected chi connectivity index (χ3v) is 3.34. The molecule has 0 saturated carbocycles. The van der Waals surface area contributed by atoms with Crippen molar-refractivity contribution in [3.05, 3.63) is 45.7 Å². The summed E-state index contributed by atoms with van der Waals surface area (Å²) in [4.78, 5) is 0. The molecule has 5 heteroatoms. The zero-order valence-corrected chi connectivity index (χ0v) is 11.8. The van der Waals surface area contributed by atoms with Gasteiger partial charge in [-0.25, -0.2) is 0 Å². The van der Waals surface area contributed by atoms with Crippen molar-refractivity contribution in [2.45, 2.75) is 13.5 Å². The molecule has 1 aromatic heterocycles. The maximum absolute atomic E-state index is 8.84. The van der Waals surface area contributed by atoms with Crippen molar-refractivity contribution >= 4 is 21.6 Å². The van der Waals surface area contributed by atoms with E-state index in [1.807, 2.05) is 32.3 Å². The van der Waals surface area contributed by atoms with Crippen LogP contribution in [-0.4, -0.2) is 9.78 Å². The lowest BCUT2D eigenvalue weighted by Gasteiger charge is -2.06. The Balaban J connectivity index is 2.09. The number of rotatable bonds is 3. The molecule has 4 nitrogen and oxygen atoms in total. The van der Waals surface area contributed by atoms with Crippen molar-refractivity contribution in [1.82, 2.24) is 9.78 Å². The number of halogens is 1. The quantitative estimate of drug-likeness (QED) is 0.948. The molecular formula is C13H13BrN4. The van der Waals surface area contributed by atoms with Gasteiger partial charge in [0.1, 0.15) is 6.07 Å². The van der Waals surface area contributed by atoms with E-state index in [1.54, 1.807) is 10.7 Å². The van der Waals surface area contributed by atoms with E-state index in [0.29, 0.717) is 5.56 Å². The number of hydrogen-bond donors (Lipinski definition) is 1. The molecule has 0 aliphatic carbocycles. The van der Waals surface area contributed by atoms with Crippen molar-refractivity contribution in [3.8, 4) is 6.07 Å². The number of aromatic nitrogens is 2. The third-order valence-electron chi connectivity index (χ3n) is 2.69. The average Bonchev–Trinajstić information content (AvgIpc) is 2.65. The van der Waals surface area contributed by atoms with Gasteiger partial charge in [0.05, 0.1) is 11.3 Å². The molecule has 1 heterocycles. The molecule has 1 aromatic carbocycles. The van der Waals surface area contributed by atoms with Crippen molar-refractivity contribution in [2.75, 3.05) is 5.32 Å². The van der Waals surface area contributed by atoms with Crippen LogP contribution in [0.2, 0.25) is 0 Å². The van der Waals surface area contributed by atoms with Crippen LogP contribution in [0.5, 0.6) is 0 Å². The second-order valence-electron chi connectivity index (χ2n) is 4.07. The lowest BCUT2D eigenvalue weighted by molar-refractivity contribution is 0.756.